The van der Waals surface area contributed by atoms with Gasteiger partial charge in [-0.2, -0.15) is 8.42 Å². The molecule has 0 unspecified atom stereocenters. The maximum absolute atomic E-state index is 8.74. The molecule has 0 aromatic rings. The van der Waals surface area contributed by atoms with Crippen molar-refractivity contribution in [1.82, 2.24) is 18.5 Å². The molecule has 80 valence electrons. The number of thiol groups is 1. The average molecular weight is 242 g/mol. The Hall–Kier alpha value is -0.0100. The molecule has 0 saturated carbocycles. The van der Waals surface area contributed by atoms with Crippen LogP contribution in [-0.4, -0.2) is 21.8 Å². The van der Waals surface area contributed by atoms with Crippen LogP contribution < -0.4 is 24.2 Å². The van der Waals surface area contributed by atoms with Crippen molar-refractivity contribution in [3.63, 3.8) is 0 Å². The third-order valence-electron chi connectivity index (χ3n) is 0. The topological polar surface area (TPSA) is 206 Å². The van der Waals surface area contributed by atoms with E-state index in [1.165, 1.54) is 0 Å². The average Bonchev–Trinajstić information content (AvgIpc) is 1.19. The Kier molecular flexibility index (Phi) is 33.5. The highest BCUT2D eigenvalue weighted by Gasteiger charge is 1.84. The summed E-state index contributed by atoms with van der Waals surface area (Å²) in [7, 11) is -4.67. The second-order valence-corrected chi connectivity index (χ2v) is 2.91. The van der Waals surface area contributed by atoms with E-state index >= 15 is 0 Å². The first-order chi connectivity index (χ1) is 3.73. The highest BCUT2D eigenvalue weighted by molar-refractivity contribution is 8.10. The Morgan fingerprint density at radius 2 is 1.25 bits per heavy atom. The molecular formula is CH14N4O4S3. The van der Waals surface area contributed by atoms with Crippen LogP contribution in [-0.2, 0) is 10.4 Å². The van der Waals surface area contributed by atoms with Crippen molar-refractivity contribution >= 4 is 39.6 Å². The Morgan fingerprint density at radius 1 is 1.25 bits per heavy atom. The third kappa shape index (κ3) is 8070000. The highest BCUT2D eigenvalue weighted by Crippen LogP contribution is 1.63. The number of rotatable bonds is 0. The molecule has 0 heterocycles. The molecule has 0 fully saturated rings. The van der Waals surface area contributed by atoms with Crippen molar-refractivity contribution in [1.29, 1.82) is 0 Å². The predicted molar refractivity (Wildman–Crippen MR) is 55.0 cm³/mol. The smallest absolute Gasteiger partial charge is 0.385 e. The first-order valence-electron chi connectivity index (χ1n) is 1.41. The van der Waals surface area contributed by atoms with Gasteiger partial charge < -0.3 is 24.2 Å². The zero-order valence-corrected chi connectivity index (χ0v) is 8.70. The summed E-state index contributed by atoms with van der Waals surface area (Å²) < 4.78 is 31.8. The molecular weight excluding hydrogens is 228 g/mol. The monoisotopic (exact) mass is 242 g/mol. The van der Waals surface area contributed by atoms with E-state index in [0.29, 0.717) is 0 Å². The fourth-order valence-electron chi connectivity index (χ4n) is 0. The molecule has 0 aliphatic heterocycles. The molecule has 0 aromatic heterocycles. The molecule has 0 aromatic carbocycles. The van der Waals surface area contributed by atoms with Crippen LogP contribution in [0.5, 0.6) is 0 Å². The maximum atomic E-state index is 8.74. The molecule has 11 heteroatoms. The van der Waals surface area contributed by atoms with E-state index in [0.717, 1.165) is 0 Å². The summed E-state index contributed by atoms with van der Waals surface area (Å²) in [6.45, 7) is 0. The van der Waals surface area contributed by atoms with Crippen molar-refractivity contribution in [3.05, 3.63) is 0 Å². The van der Waals surface area contributed by atoms with E-state index in [9.17, 15) is 0 Å². The van der Waals surface area contributed by atoms with E-state index in [-0.39, 0.29) is 22.8 Å². The van der Waals surface area contributed by atoms with Crippen LogP contribution in [0.1, 0.15) is 0 Å². The first kappa shape index (κ1) is 29.6. The molecule has 13 N–H and O–H groups in total. The summed E-state index contributed by atoms with van der Waals surface area (Å²) in [6, 6.07) is 0. The molecule has 0 aliphatic rings. The van der Waals surface area contributed by atoms with Gasteiger partial charge in [-0.15, -0.1) is 12.6 Å². The summed E-state index contributed by atoms with van der Waals surface area (Å²) in [6.07, 6.45) is 0. The van der Waals surface area contributed by atoms with Crippen LogP contribution in [0.2, 0.25) is 0 Å². The van der Waals surface area contributed by atoms with Gasteiger partial charge in [0.2, 0.25) is 0 Å². The number of nitrogens with two attached hydrogens (primary N) is 1. The van der Waals surface area contributed by atoms with E-state index in [4.69, 9.17) is 23.3 Å². The summed E-state index contributed by atoms with van der Waals surface area (Å²) in [5.41, 5.74) is 4.71. The third-order valence-corrected chi connectivity index (χ3v) is 0. The van der Waals surface area contributed by atoms with Crippen LogP contribution in [0.15, 0.2) is 0 Å². The van der Waals surface area contributed by atoms with Crippen molar-refractivity contribution in [3.8, 4) is 0 Å². The Balaban J connectivity index is -0.0000000221. The quantitative estimate of drug-likeness (QED) is 0.173. The Labute approximate surface area is 81.6 Å². The van der Waals surface area contributed by atoms with Gasteiger partial charge in [0.05, 0.1) is 0 Å². The first-order valence-corrected chi connectivity index (χ1v) is 3.67. The van der Waals surface area contributed by atoms with Gasteiger partial charge in [-0.3, -0.25) is 9.11 Å². The molecule has 0 saturated heterocycles. The van der Waals surface area contributed by atoms with Gasteiger partial charge in [-0.25, -0.2) is 0 Å². The van der Waals surface area contributed by atoms with Crippen molar-refractivity contribution in [2.24, 2.45) is 5.73 Å². The Bertz CT molecular complexity index is 165. The molecule has 0 atom stereocenters. The second-order valence-electron chi connectivity index (χ2n) is 0.786. The van der Waals surface area contributed by atoms with Crippen LogP contribution in [0, 0.1) is 0 Å². The number of hydrogen-bond acceptors (Lipinski definition) is 6. The van der Waals surface area contributed by atoms with Crippen LogP contribution in [0.4, 0.5) is 0 Å². The number of hydrogen-bond donors (Lipinski definition) is 7. The molecule has 0 bridgehead atoms. The standard InChI is InChI=1S/CH3NS2.3H3N.H2O4S/c2-1(3)4;;;;1-5(2,3)4/h(H3,2,3,4);3*1H3;(H2,1,2,3,4). The predicted octanol–water partition coefficient (Wildman–Crippen LogP) is -0.00700. The highest BCUT2D eigenvalue weighted by atomic mass is 32.3. The van der Waals surface area contributed by atoms with Crippen molar-refractivity contribution < 1.29 is 17.5 Å². The lowest BCUT2D eigenvalue weighted by atomic mass is 11.5. The zero-order chi connectivity index (χ0) is 8.08. The summed E-state index contributed by atoms with van der Waals surface area (Å²) in [4.78, 5) is 0. The summed E-state index contributed by atoms with van der Waals surface area (Å²) >= 11 is 7.65. The van der Waals surface area contributed by atoms with Crippen molar-refractivity contribution in [2.45, 2.75) is 0 Å². The van der Waals surface area contributed by atoms with Gasteiger partial charge in [0, 0.05) is 0 Å². The van der Waals surface area contributed by atoms with E-state index < -0.39 is 10.4 Å². The van der Waals surface area contributed by atoms with Gasteiger partial charge in [-0.05, 0) is 0 Å². The van der Waals surface area contributed by atoms with Gasteiger partial charge in [0.25, 0.3) is 0 Å². The zero-order valence-electron chi connectivity index (χ0n) is 6.17. The summed E-state index contributed by atoms with van der Waals surface area (Å²) in [5.74, 6) is 0. The molecule has 0 rings (SSSR count). The fourth-order valence-corrected chi connectivity index (χ4v) is 0. The SMILES string of the molecule is N.N.N.NC(=S)S.O=S(=O)(O)O. The van der Waals surface area contributed by atoms with Crippen LogP contribution in [0.25, 0.3) is 0 Å². The minimum Gasteiger partial charge on any atom is -0.385 e. The minimum absolute atomic E-state index is 0. The molecule has 8 nitrogen and oxygen atoms in total. The largest absolute Gasteiger partial charge is 0.394 e. The lowest BCUT2D eigenvalue weighted by molar-refractivity contribution is 0.381. The Morgan fingerprint density at radius 3 is 1.25 bits per heavy atom. The lowest BCUT2D eigenvalue weighted by Crippen LogP contribution is -1.94. The molecule has 0 amide bonds. The van der Waals surface area contributed by atoms with Crippen LogP contribution in [0.3, 0.4) is 0 Å². The normalized spacial score (nSPS) is 6.92. The van der Waals surface area contributed by atoms with E-state index in [1.54, 1.807) is 0 Å². The van der Waals surface area contributed by atoms with Gasteiger partial charge in [0.15, 0.2) is 0 Å². The van der Waals surface area contributed by atoms with Gasteiger partial charge in [-0.1, -0.05) is 12.2 Å². The van der Waals surface area contributed by atoms with E-state index in [1.807, 2.05) is 0 Å². The fraction of sp³-hybridized carbons (Fsp3) is 0. The number of thiocarbonyl (C=S) groups is 1. The minimum atomic E-state index is -4.67. The molecule has 12 heavy (non-hydrogen) atoms. The molecule has 0 radical (unpaired) electrons. The molecule has 0 aliphatic carbocycles. The van der Waals surface area contributed by atoms with Crippen molar-refractivity contribution in [2.75, 3.05) is 0 Å². The second kappa shape index (κ2) is 13.6. The van der Waals surface area contributed by atoms with Gasteiger partial charge in [0.1, 0.15) is 4.32 Å². The summed E-state index contributed by atoms with van der Waals surface area (Å²) in [5, 5.41) is 0. The lowest BCUT2D eigenvalue weighted by Gasteiger charge is -1.68. The van der Waals surface area contributed by atoms with Crippen LogP contribution >= 0.6 is 24.8 Å². The maximum Gasteiger partial charge on any atom is 0.394 e. The van der Waals surface area contributed by atoms with Gasteiger partial charge >= 0.3 is 10.4 Å². The molecule has 0 spiro atoms. The van der Waals surface area contributed by atoms with E-state index in [2.05, 4.69) is 24.8 Å².